The molecular formula is C25H20F4N2O2S. The fraction of sp³-hybridized carbons (Fsp3) is 0.200. The second-order valence-corrected chi connectivity index (χ2v) is 8.46. The average molecular weight is 489 g/mol. The summed E-state index contributed by atoms with van der Waals surface area (Å²) in [6.07, 6.45) is -4.40. The maximum atomic E-state index is 13.2. The first-order chi connectivity index (χ1) is 16.2. The highest BCUT2D eigenvalue weighted by Crippen LogP contribution is 2.31. The fourth-order valence-corrected chi connectivity index (χ4v) is 4.39. The van der Waals surface area contributed by atoms with E-state index in [-0.39, 0.29) is 12.4 Å². The summed E-state index contributed by atoms with van der Waals surface area (Å²) >= 11 is 1.42. The van der Waals surface area contributed by atoms with Gasteiger partial charge in [-0.15, -0.1) is 0 Å². The molecule has 0 N–H and O–H groups in total. The third-order valence-electron chi connectivity index (χ3n) is 5.13. The van der Waals surface area contributed by atoms with Crippen LogP contribution in [0.15, 0.2) is 71.9 Å². The molecule has 0 bridgehead atoms. The van der Waals surface area contributed by atoms with Crippen LogP contribution in [-0.2, 0) is 23.2 Å². The Kier molecular flexibility index (Phi) is 6.92. The third-order valence-corrected chi connectivity index (χ3v) is 6.18. The molecule has 0 amide bonds. The zero-order chi connectivity index (χ0) is 24.3. The summed E-state index contributed by atoms with van der Waals surface area (Å²) in [5.74, 6) is -0.265. The topological polar surface area (TPSA) is 44.1 Å². The number of rotatable bonds is 7. The Hall–Kier alpha value is -3.33. The van der Waals surface area contributed by atoms with Crippen molar-refractivity contribution < 1.29 is 27.1 Å². The smallest absolute Gasteiger partial charge is 0.416 e. The number of thioether (sulfide) groups is 1. The van der Waals surface area contributed by atoms with Crippen LogP contribution in [0.4, 0.5) is 17.6 Å². The molecule has 0 radical (unpaired) electrons. The lowest BCUT2D eigenvalue weighted by atomic mass is 10.1. The molecule has 4 aromatic rings. The van der Waals surface area contributed by atoms with Crippen LogP contribution in [0.2, 0.25) is 0 Å². The summed E-state index contributed by atoms with van der Waals surface area (Å²) in [5.41, 5.74) is 2.52. The predicted octanol–water partition coefficient (Wildman–Crippen LogP) is 6.71. The van der Waals surface area contributed by atoms with E-state index in [0.29, 0.717) is 34.1 Å². The Labute approximate surface area is 197 Å². The van der Waals surface area contributed by atoms with E-state index in [4.69, 9.17) is 4.74 Å². The fourth-order valence-electron chi connectivity index (χ4n) is 3.42. The van der Waals surface area contributed by atoms with Gasteiger partial charge in [-0.25, -0.2) is 14.2 Å². The molecule has 0 aliphatic heterocycles. The van der Waals surface area contributed by atoms with E-state index in [0.717, 1.165) is 23.2 Å². The minimum absolute atomic E-state index is 0.248. The number of alkyl halides is 3. The Bertz CT molecular complexity index is 1300. The molecule has 4 rings (SSSR count). The molecule has 1 aromatic heterocycles. The van der Waals surface area contributed by atoms with Gasteiger partial charge in [0.2, 0.25) is 0 Å². The normalized spacial score (nSPS) is 11.7. The summed E-state index contributed by atoms with van der Waals surface area (Å²) in [4.78, 5) is 16.8. The number of carbonyl (C=O) groups is 1. The van der Waals surface area contributed by atoms with E-state index in [1.165, 1.54) is 36.0 Å². The van der Waals surface area contributed by atoms with Gasteiger partial charge in [-0.05, 0) is 60.5 Å². The largest absolute Gasteiger partial charge is 0.462 e. The zero-order valence-corrected chi connectivity index (χ0v) is 18.9. The summed E-state index contributed by atoms with van der Waals surface area (Å²) in [6.45, 7) is 2.26. The maximum absolute atomic E-state index is 13.2. The van der Waals surface area contributed by atoms with E-state index in [1.54, 1.807) is 37.3 Å². The quantitative estimate of drug-likeness (QED) is 0.165. The minimum atomic E-state index is -4.40. The Balaban J connectivity index is 1.68. The standard InChI is InChI=1S/C25H20F4N2O2S/c1-2-33-23(32)18-7-12-22-21(13-18)30-24(34-15-17-5-10-20(26)11-6-17)31(22)14-16-3-8-19(9-4-16)25(27,28)29/h3-13H,2,14-15H2,1H3. The van der Waals surface area contributed by atoms with Gasteiger partial charge in [-0.2, -0.15) is 13.2 Å². The molecular weight excluding hydrogens is 468 g/mol. The summed E-state index contributed by atoms with van der Waals surface area (Å²) in [6, 6.07) is 16.1. The molecule has 0 saturated carbocycles. The van der Waals surface area contributed by atoms with Crippen LogP contribution in [0.25, 0.3) is 11.0 Å². The van der Waals surface area contributed by atoms with Crippen molar-refractivity contribution in [1.82, 2.24) is 9.55 Å². The molecule has 0 unspecified atom stereocenters. The van der Waals surface area contributed by atoms with Gasteiger partial charge in [0.15, 0.2) is 5.16 Å². The molecule has 0 atom stereocenters. The van der Waals surface area contributed by atoms with Crippen LogP contribution in [0.1, 0.15) is 34.0 Å². The number of nitrogens with zero attached hydrogens (tertiary/aromatic N) is 2. The molecule has 0 aliphatic carbocycles. The van der Waals surface area contributed by atoms with Crippen molar-refractivity contribution >= 4 is 28.8 Å². The van der Waals surface area contributed by atoms with Crippen LogP contribution in [0.3, 0.4) is 0 Å². The van der Waals surface area contributed by atoms with Gasteiger partial charge < -0.3 is 9.30 Å². The summed E-state index contributed by atoms with van der Waals surface area (Å²) < 4.78 is 59.0. The monoisotopic (exact) mass is 488 g/mol. The van der Waals surface area contributed by atoms with Crippen molar-refractivity contribution in [1.29, 1.82) is 0 Å². The summed E-state index contributed by atoms with van der Waals surface area (Å²) in [5, 5.41) is 0.625. The number of aromatic nitrogens is 2. The van der Waals surface area contributed by atoms with Crippen LogP contribution in [0, 0.1) is 5.82 Å². The lowest BCUT2D eigenvalue weighted by molar-refractivity contribution is -0.137. The molecule has 176 valence electrons. The number of hydrogen-bond donors (Lipinski definition) is 0. The van der Waals surface area contributed by atoms with Gasteiger partial charge in [0.1, 0.15) is 5.82 Å². The Morgan fingerprint density at radius 3 is 2.32 bits per heavy atom. The first kappa shape index (κ1) is 23.8. The number of esters is 1. The molecule has 0 saturated heterocycles. The van der Waals surface area contributed by atoms with Gasteiger partial charge in [0.25, 0.3) is 0 Å². The van der Waals surface area contributed by atoms with Crippen molar-refractivity contribution in [2.24, 2.45) is 0 Å². The molecule has 0 spiro atoms. The van der Waals surface area contributed by atoms with E-state index >= 15 is 0 Å². The molecule has 1 heterocycles. The lowest BCUT2D eigenvalue weighted by Crippen LogP contribution is -2.06. The molecule has 3 aromatic carbocycles. The second-order valence-electron chi connectivity index (χ2n) is 7.51. The van der Waals surface area contributed by atoms with Gasteiger partial charge in [0.05, 0.1) is 35.3 Å². The zero-order valence-electron chi connectivity index (χ0n) is 18.1. The Morgan fingerprint density at radius 1 is 1.00 bits per heavy atom. The molecule has 4 nitrogen and oxygen atoms in total. The molecule has 0 aliphatic rings. The van der Waals surface area contributed by atoms with E-state index in [2.05, 4.69) is 4.98 Å². The van der Waals surface area contributed by atoms with Crippen LogP contribution in [0.5, 0.6) is 0 Å². The third kappa shape index (κ3) is 5.41. The number of ether oxygens (including phenoxy) is 1. The van der Waals surface area contributed by atoms with E-state index in [1.807, 2.05) is 4.57 Å². The van der Waals surface area contributed by atoms with Crippen molar-refractivity contribution in [3.63, 3.8) is 0 Å². The first-order valence-electron chi connectivity index (χ1n) is 10.5. The van der Waals surface area contributed by atoms with E-state index < -0.39 is 17.7 Å². The van der Waals surface area contributed by atoms with Gasteiger partial charge >= 0.3 is 12.1 Å². The van der Waals surface area contributed by atoms with Gasteiger partial charge in [0, 0.05) is 5.75 Å². The van der Waals surface area contributed by atoms with Crippen molar-refractivity contribution in [3.05, 3.63) is 94.8 Å². The maximum Gasteiger partial charge on any atom is 0.416 e. The number of carbonyl (C=O) groups excluding carboxylic acids is 1. The van der Waals surface area contributed by atoms with E-state index in [9.17, 15) is 22.4 Å². The van der Waals surface area contributed by atoms with Crippen molar-refractivity contribution in [2.45, 2.75) is 30.6 Å². The number of halogens is 4. The van der Waals surface area contributed by atoms with Gasteiger partial charge in [-0.1, -0.05) is 36.0 Å². The highest BCUT2D eigenvalue weighted by atomic mass is 32.2. The first-order valence-corrected chi connectivity index (χ1v) is 11.4. The van der Waals surface area contributed by atoms with Crippen LogP contribution < -0.4 is 0 Å². The number of fused-ring (bicyclic) bond motifs is 1. The molecule has 0 fully saturated rings. The highest BCUT2D eigenvalue weighted by Gasteiger charge is 2.30. The Morgan fingerprint density at radius 2 is 1.68 bits per heavy atom. The highest BCUT2D eigenvalue weighted by molar-refractivity contribution is 7.98. The number of imidazole rings is 1. The average Bonchev–Trinajstić information content (AvgIpc) is 3.15. The lowest BCUT2D eigenvalue weighted by Gasteiger charge is -2.11. The van der Waals surface area contributed by atoms with Crippen molar-refractivity contribution in [2.75, 3.05) is 6.61 Å². The SMILES string of the molecule is CCOC(=O)c1ccc2c(c1)nc(SCc1ccc(F)cc1)n2Cc1ccc(C(F)(F)F)cc1. The number of hydrogen-bond acceptors (Lipinski definition) is 4. The van der Waals surface area contributed by atoms with Crippen molar-refractivity contribution in [3.8, 4) is 0 Å². The molecule has 34 heavy (non-hydrogen) atoms. The van der Waals surface area contributed by atoms with Gasteiger partial charge in [-0.3, -0.25) is 0 Å². The number of benzene rings is 3. The van der Waals surface area contributed by atoms with Crippen LogP contribution in [-0.4, -0.2) is 22.1 Å². The second kappa shape index (κ2) is 9.89. The van der Waals surface area contributed by atoms with Crippen LogP contribution >= 0.6 is 11.8 Å². The predicted molar refractivity (Wildman–Crippen MR) is 122 cm³/mol. The minimum Gasteiger partial charge on any atom is -0.462 e. The summed E-state index contributed by atoms with van der Waals surface area (Å²) in [7, 11) is 0. The molecule has 9 heteroatoms.